The summed E-state index contributed by atoms with van der Waals surface area (Å²) in [5, 5.41) is 12.6. The van der Waals surface area contributed by atoms with Gasteiger partial charge in [0.05, 0.1) is 0 Å². The summed E-state index contributed by atoms with van der Waals surface area (Å²) in [7, 11) is 0.0752. The second-order valence-electron chi connectivity index (χ2n) is 5.00. The van der Waals surface area contributed by atoms with Gasteiger partial charge in [0.15, 0.2) is 0 Å². The molecule has 0 unspecified atom stereocenters. The Balaban J connectivity index is 3.07. The minimum absolute atomic E-state index is 0.148. The summed E-state index contributed by atoms with van der Waals surface area (Å²) < 4.78 is 24.5. The van der Waals surface area contributed by atoms with Crippen LogP contribution in [-0.4, -0.2) is 48.7 Å². The third kappa shape index (κ3) is 4.04. The smallest absolute Gasteiger partial charge is 0.273 e. The van der Waals surface area contributed by atoms with E-state index in [1.807, 2.05) is 32.8 Å². The first-order valence-corrected chi connectivity index (χ1v) is 7.36. The van der Waals surface area contributed by atoms with E-state index in [1.165, 1.54) is 0 Å². The Morgan fingerprint density at radius 2 is 1.94 bits per heavy atom. The molecule has 0 bridgehead atoms. The molecule has 0 spiro atoms. The summed E-state index contributed by atoms with van der Waals surface area (Å²) in [6, 6.07) is 0. The van der Waals surface area contributed by atoms with E-state index in [4.69, 9.17) is 5.14 Å². The van der Waals surface area contributed by atoms with Crippen molar-refractivity contribution >= 4 is 10.0 Å². The highest BCUT2D eigenvalue weighted by Crippen LogP contribution is 2.11. The van der Waals surface area contributed by atoms with Crippen LogP contribution >= 0.6 is 0 Å². The molecule has 0 aliphatic heterocycles. The van der Waals surface area contributed by atoms with Gasteiger partial charge >= 0.3 is 0 Å². The number of sulfonamides is 1. The second kappa shape index (κ2) is 5.77. The number of nitrogens with two attached hydrogens (primary N) is 1. The van der Waals surface area contributed by atoms with Crippen LogP contribution in [0.4, 0.5) is 0 Å². The van der Waals surface area contributed by atoms with Crippen molar-refractivity contribution in [3.63, 3.8) is 0 Å². The molecule has 104 valence electrons. The van der Waals surface area contributed by atoms with Crippen molar-refractivity contribution in [2.24, 2.45) is 11.1 Å². The highest BCUT2D eigenvalue weighted by molar-refractivity contribution is 7.89. The lowest BCUT2D eigenvalue weighted by molar-refractivity contribution is 0.398. The van der Waals surface area contributed by atoms with Crippen LogP contribution in [0.15, 0.2) is 5.16 Å². The average molecular weight is 275 g/mol. The molecule has 0 radical (unpaired) electrons. The normalized spacial score (nSPS) is 12.6. The van der Waals surface area contributed by atoms with Gasteiger partial charge in [0, 0.05) is 19.5 Å². The number of hydrogen-bond acceptors (Lipinski definition) is 5. The van der Waals surface area contributed by atoms with Gasteiger partial charge in [0.2, 0.25) is 0 Å². The molecule has 0 aromatic carbocycles. The van der Waals surface area contributed by atoms with Gasteiger partial charge in [-0.05, 0) is 20.0 Å². The summed E-state index contributed by atoms with van der Waals surface area (Å²) >= 11 is 0. The van der Waals surface area contributed by atoms with E-state index < -0.39 is 10.0 Å². The number of aromatic nitrogens is 3. The minimum atomic E-state index is -3.82. The Kier molecular flexibility index (Phi) is 4.83. The van der Waals surface area contributed by atoms with E-state index >= 15 is 0 Å². The molecule has 1 rings (SSSR count). The van der Waals surface area contributed by atoms with Crippen molar-refractivity contribution in [1.82, 2.24) is 19.7 Å². The standard InChI is InChI=1S/C10H21N5O2S/c1-8(2)7-15-9(5-6-14(3)4)12-13-10(15)18(11,16)17/h8H,5-7H2,1-4H3,(H2,11,16,17). The average Bonchev–Trinajstić information content (AvgIpc) is 2.56. The molecule has 2 N–H and O–H groups in total. The Bertz CT molecular complexity index is 492. The fraction of sp³-hybridized carbons (Fsp3) is 0.800. The lowest BCUT2D eigenvalue weighted by Gasteiger charge is -2.13. The molecule has 18 heavy (non-hydrogen) atoms. The van der Waals surface area contributed by atoms with Crippen molar-refractivity contribution < 1.29 is 8.42 Å². The van der Waals surface area contributed by atoms with Crippen LogP contribution in [0.3, 0.4) is 0 Å². The van der Waals surface area contributed by atoms with E-state index in [9.17, 15) is 8.42 Å². The summed E-state index contributed by atoms with van der Waals surface area (Å²) in [4.78, 5) is 2.00. The van der Waals surface area contributed by atoms with Crippen LogP contribution in [-0.2, 0) is 23.0 Å². The van der Waals surface area contributed by atoms with Crippen molar-refractivity contribution in [2.45, 2.75) is 32.0 Å². The largest absolute Gasteiger partial charge is 0.309 e. The predicted molar refractivity (Wildman–Crippen MR) is 68.5 cm³/mol. The van der Waals surface area contributed by atoms with E-state index in [2.05, 4.69) is 10.2 Å². The van der Waals surface area contributed by atoms with Gasteiger partial charge in [0.1, 0.15) is 5.82 Å². The van der Waals surface area contributed by atoms with E-state index in [1.54, 1.807) is 4.57 Å². The van der Waals surface area contributed by atoms with Crippen LogP contribution < -0.4 is 5.14 Å². The topological polar surface area (TPSA) is 94.1 Å². The molecule has 0 aliphatic rings. The van der Waals surface area contributed by atoms with Crippen LogP contribution in [0.5, 0.6) is 0 Å². The molecule has 0 amide bonds. The first kappa shape index (κ1) is 15.1. The van der Waals surface area contributed by atoms with Crippen molar-refractivity contribution in [3.8, 4) is 0 Å². The number of rotatable bonds is 6. The Morgan fingerprint density at radius 1 is 1.33 bits per heavy atom. The van der Waals surface area contributed by atoms with E-state index in [-0.39, 0.29) is 5.16 Å². The summed E-state index contributed by atoms with van der Waals surface area (Å²) in [6.07, 6.45) is 0.641. The number of primary sulfonamides is 1. The molecule has 0 atom stereocenters. The maximum Gasteiger partial charge on any atom is 0.273 e. The second-order valence-corrected chi connectivity index (χ2v) is 6.46. The molecule has 1 heterocycles. The molecule has 0 saturated carbocycles. The summed E-state index contributed by atoms with van der Waals surface area (Å²) in [5.74, 6) is 0.945. The van der Waals surface area contributed by atoms with Gasteiger partial charge in [-0.25, -0.2) is 13.6 Å². The maximum atomic E-state index is 11.4. The SMILES string of the molecule is CC(C)Cn1c(CCN(C)C)nnc1S(N)(=O)=O. The van der Waals surface area contributed by atoms with Gasteiger partial charge in [0.25, 0.3) is 15.2 Å². The predicted octanol–water partition coefficient (Wildman–Crippen LogP) is -0.314. The zero-order valence-corrected chi connectivity index (χ0v) is 12.1. The Morgan fingerprint density at radius 3 is 2.39 bits per heavy atom. The van der Waals surface area contributed by atoms with Crippen LogP contribution in [0.25, 0.3) is 0 Å². The number of nitrogens with zero attached hydrogens (tertiary/aromatic N) is 4. The van der Waals surface area contributed by atoms with Crippen molar-refractivity contribution in [1.29, 1.82) is 0 Å². The van der Waals surface area contributed by atoms with Gasteiger partial charge in [-0.3, -0.25) is 0 Å². The van der Waals surface area contributed by atoms with Gasteiger partial charge < -0.3 is 9.47 Å². The van der Waals surface area contributed by atoms with Crippen LogP contribution in [0, 0.1) is 5.92 Å². The zero-order chi connectivity index (χ0) is 13.9. The summed E-state index contributed by atoms with van der Waals surface area (Å²) in [6.45, 7) is 5.33. The molecule has 0 saturated heterocycles. The van der Waals surface area contributed by atoms with E-state index in [0.717, 1.165) is 6.54 Å². The Hall–Kier alpha value is -0.990. The van der Waals surface area contributed by atoms with Gasteiger partial charge in [-0.2, -0.15) is 0 Å². The van der Waals surface area contributed by atoms with E-state index in [0.29, 0.717) is 24.7 Å². The van der Waals surface area contributed by atoms with Crippen LogP contribution in [0.2, 0.25) is 0 Å². The molecule has 0 fully saturated rings. The molecule has 8 heteroatoms. The highest BCUT2D eigenvalue weighted by atomic mass is 32.2. The Labute approximate surface area is 108 Å². The quantitative estimate of drug-likeness (QED) is 0.768. The van der Waals surface area contributed by atoms with Crippen molar-refractivity contribution in [2.75, 3.05) is 20.6 Å². The monoisotopic (exact) mass is 275 g/mol. The van der Waals surface area contributed by atoms with Crippen LogP contribution in [0.1, 0.15) is 19.7 Å². The van der Waals surface area contributed by atoms with Gasteiger partial charge in [-0.1, -0.05) is 13.8 Å². The fourth-order valence-corrected chi connectivity index (χ4v) is 2.23. The number of likely N-dealkylation sites (N-methyl/N-ethyl adjacent to an activating group) is 1. The zero-order valence-electron chi connectivity index (χ0n) is 11.3. The third-order valence-corrected chi connectivity index (χ3v) is 3.19. The molecule has 7 nitrogen and oxygen atoms in total. The molecule has 1 aromatic heterocycles. The summed E-state index contributed by atoms with van der Waals surface area (Å²) in [5.41, 5.74) is 0. The lowest BCUT2D eigenvalue weighted by Crippen LogP contribution is -2.22. The molecular formula is C10H21N5O2S. The van der Waals surface area contributed by atoms with Crippen molar-refractivity contribution in [3.05, 3.63) is 5.82 Å². The lowest BCUT2D eigenvalue weighted by atomic mass is 10.2. The fourth-order valence-electron chi connectivity index (χ4n) is 1.59. The number of hydrogen-bond donors (Lipinski definition) is 1. The highest BCUT2D eigenvalue weighted by Gasteiger charge is 2.21. The molecule has 0 aliphatic carbocycles. The maximum absolute atomic E-state index is 11.4. The van der Waals surface area contributed by atoms with Gasteiger partial charge in [-0.15, -0.1) is 10.2 Å². The molecular weight excluding hydrogens is 254 g/mol. The first-order valence-electron chi connectivity index (χ1n) is 5.81. The first-order chi connectivity index (χ1) is 8.21. The minimum Gasteiger partial charge on any atom is -0.309 e. The molecule has 1 aromatic rings. The third-order valence-electron chi connectivity index (χ3n) is 2.38.